The third-order valence-electron chi connectivity index (χ3n) is 5.03. The molecule has 0 saturated heterocycles. The molecule has 0 saturated carbocycles. The van der Waals surface area contributed by atoms with Crippen LogP contribution in [0.1, 0.15) is 32.8 Å². The van der Waals surface area contributed by atoms with Crippen LogP contribution in [0.4, 0.5) is 4.39 Å². The summed E-state index contributed by atoms with van der Waals surface area (Å²) >= 11 is 0. The number of benzene rings is 2. The lowest BCUT2D eigenvalue weighted by molar-refractivity contribution is 0.0950. The summed E-state index contributed by atoms with van der Waals surface area (Å²) in [7, 11) is 0. The molecular formula is C24H21FN2O3. The fourth-order valence-electron chi connectivity index (χ4n) is 3.47. The molecule has 152 valence electrons. The molecule has 4 rings (SSSR count). The van der Waals surface area contributed by atoms with Crippen LogP contribution in [0, 0.1) is 19.7 Å². The second-order valence-corrected chi connectivity index (χ2v) is 7.32. The molecule has 2 aromatic carbocycles. The Balaban J connectivity index is 1.65. The van der Waals surface area contributed by atoms with Gasteiger partial charge in [-0.05, 0) is 43.2 Å². The highest BCUT2D eigenvalue weighted by Gasteiger charge is 2.21. The van der Waals surface area contributed by atoms with Crippen molar-refractivity contribution in [3.8, 4) is 0 Å². The van der Waals surface area contributed by atoms with Gasteiger partial charge in [-0.15, -0.1) is 0 Å². The van der Waals surface area contributed by atoms with E-state index in [2.05, 4.69) is 5.32 Å². The molecule has 0 fully saturated rings. The summed E-state index contributed by atoms with van der Waals surface area (Å²) in [6.45, 7) is 4.20. The zero-order valence-corrected chi connectivity index (χ0v) is 16.7. The number of nitrogens with one attached hydrogen (secondary N) is 1. The number of furan rings is 1. The van der Waals surface area contributed by atoms with Gasteiger partial charge in [-0.3, -0.25) is 9.59 Å². The zero-order valence-electron chi connectivity index (χ0n) is 16.7. The van der Waals surface area contributed by atoms with Gasteiger partial charge >= 0.3 is 0 Å². The first-order valence-corrected chi connectivity index (χ1v) is 9.63. The smallest absolute Gasteiger partial charge is 0.262 e. The molecule has 0 aliphatic carbocycles. The summed E-state index contributed by atoms with van der Waals surface area (Å²) in [6, 6.07) is 15.6. The van der Waals surface area contributed by atoms with Crippen LogP contribution in [0.2, 0.25) is 0 Å². The first kappa shape index (κ1) is 19.6. The predicted molar refractivity (Wildman–Crippen MR) is 113 cm³/mol. The number of aryl methyl sites for hydroxylation is 2. The number of hydrogen-bond donors (Lipinski definition) is 1. The van der Waals surface area contributed by atoms with E-state index in [-0.39, 0.29) is 34.8 Å². The average Bonchev–Trinajstić information content (AvgIpc) is 3.06. The number of rotatable bonds is 5. The van der Waals surface area contributed by atoms with Gasteiger partial charge in [0.25, 0.3) is 11.5 Å². The molecule has 0 unspecified atom stereocenters. The Hall–Kier alpha value is -3.67. The molecule has 1 N–H and O–H groups in total. The number of aromatic nitrogens is 1. The Kier molecular flexibility index (Phi) is 5.23. The van der Waals surface area contributed by atoms with Crippen molar-refractivity contribution in [2.75, 3.05) is 0 Å². The van der Waals surface area contributed by atoms with Gasteiger partial charge in [-0.25, -0.2) is 4.39 Å². The van der Waals surface area contributed by atoms with Crippen molar-refractivity contribution in [3.05, 3.63) is 105 Å². The van der Waals surface area contributed by atoms with Gasteiger partial charge in [0, 0.05) is 12.7 Å². The van der Waals surface area contributed by atoms with Crippen molar-refractivity contribution in [2.24, 2.45) is 0 Å². The third kappa shape index (κ3) is 3.89. The van der Waals surface area contributed by atoms with Crippen molar-refractivity contribution < 1.29 is 13.6 Å². The summed E-state index contributed by atoms with van der Waals surface area (Å²) in [5, 5.41) is 3.09. The number of pyridine rings is 1. The number of nitrogens with zero attached hydrogens (tertiary/aromatic N) is 1. The second-order valence-electron chi connectivity index (χ2n) is 7.32. The number of halogens is 1. The van der Waals surface area contributed by atoms with Gasteiger partial charge in [0.05, 0.1) is 17.5 Å². The Labute approximate surface area is 172 Å². The summed E-state index contributed by atoms with van der Waals surface area (Å²) in [6.07, 6.45) is 1.59. The number of fused-ring (bicyclic) bond motifs is 1. The van der Waals surface area contributed by atoms with Crippen LogP contribution in [0.3, 0.4) is 0 Å². The van der Waals surface area contributed by atoms with Crippen LogP contribution < -0.4 is 10.9 Å². The van der Waals surface area contributed by atoms with E-state index in [1.807, 2.05) is 31.2 Å². The molecule has 30 heavy (non-hydrogen) atoms. The minimum atomic E-state index is -0.368. The largest absolute Gasteiger partial charge is 0.460 e. The fourth-order valence-corrected chi connectivity index (χ4v) is 3.47. The standard InChI is InChI=1S/C24H21FN2O3/c1-15-6-8-17(9-7-15)13-26-23(28)21-16(2)30-20-10-11-27(24(29)22(20)21)14-18-4-3-5-19(25)12-18/h3-12H,13-14H2,1-2H3,(H,26,28). The lowest BCUT2D eigenvalue weighted by Gasteiger charge is -2.08. The molecule has 4 aromatic rings. The van der Waals surface area contributed by atoms with Gasteiger partial charge in [0.1, 0.15) is 17.2 Å². The topological polar surface area (TPSA) is 64.2 Å². The highest BCUT2D eigenvalue weighted by Crippen LogP contribution is 2.23. The average molecular weight is 404 g/mol. The lowest BCUT2D eigenvalue weighted by Crippen LogP contribution is -2.26. The van der Waals surface area contributed by atoms with Gasteiger partial charge < -0.3 is 14.3 Å². The molecule has 0 radical (unpaired) electrons. The zero-order chi connectivity index (χ0) is 21.3. The summed E-state index contributed by atoms with van der Waals surface area (Å²) < 4.78 is 20.6. The Morgan fingerprint density at radius 1 is 1.07 bits per heavy atom. The third-order valence-corrected chi connectivity index (χ3v) is 5.03. The van der Waals surface area contributed by atoms with E-state index in [1.165, 1.54) is 16.7 Å². The van der Waals surface area contributed by atoms with Crippen molar-refractivity contribution in [1.29, 1.82) is 0 Å². The monoisotopic (exact) mass is 404 g/mol. The molecule has 0 aliphatic rings. The molecule has 2 aromatic heterocycles. The molecule has 6 heteroatoms. The van der Waals surface area contributed by atoms with Gasteiger partial charge in [0.2, 0.25) is 0 Å². The minimum absolute atomic E-state index is 0.196. The summed E-state index contributed by atoms with van der Waals surface area (Å²) in [5.74, 6) is -0.351. The quantitative estimate of drug-likeness (QED) is 0.539. The first-order valence-electron chi connectivity index (χ1n) is 9.63. The van der Waals surface area contributed by atoms with E-state index in [4.69, 9.17) is 4.42 Å². The van der Waals surface area contributed by atoms with Crippen LogP contribution in [0.25, 0.3) is 11.0 Å². The number of hydrogen-bond acceptors (Lipinski definition) is 3. The van der Waals surface area contributed by atoms with Crippen molar-refractivity contribution in [2.45, 2.75) is 26.9 Å². The van der Waals surface area contributed by atoms with E-state index < -0.39 is 0 Å². The number of amides is 1. The van der Waals surface area contributed by atoms with Crippen molar-refractivity contribution in [1.82, 2.24) is 9.88 Å². The Morgan fingerprint density at radius 2 is 1.83 bits per heavy atom. The summed E-state index contributed by atoms with van der Waals surface area (Å²) in [5.41, 5.74) is 2.99. The van der Waals surface area contributed by atoms with E-state index in [9.17, 15) is 14.0 Å². The fraction of sp³-hybridized carbons (Fsp3) is 0.167. The molecule has 1 amide bonds. The van der Waals surface area contributed by atoms with Crippen LogP contribution in [0.15, 0.2) is 70.0 Å². The lowest BCUT2D eigenvalue weighted by atomic mass is 10.1. The van der Waals surface area contributed by atoms with Crippen molar-refractivity contribution >= 4 is 16.9 Å². The molecule has 2 heterocycles. The molecular weight excluding hydrogens is 383 g/mol. The van der Waals surface area contributed by atoms with Crippen molar-refractivity contribution in [3.63, 3.8) is 0 Å². The highest BCUT2D eigenvalue weighted by molar-refractivity contribution is 6.06. The van der Waals surface area contributed by atoms with E-state index >= 15 is 0 Å². The second kappa shape index (κ2) is 7.99. The number of carbonyl (C=O) groups is 1. The normalized spacial score (nSPS) is 11.0. The van der Waals surface area contributed by atoms with E-state index in [1.54, 1.807) is 31.3 Å². The molecule has 0 spiro atoms. The molecule has 0 atom stereocenters. The molecule has 5 nitrogen and oxygen atoms in total. The number of carbonyl (C=O) groups excluding carboxylic acids is 1. The predicted octanol–water partition coefficient (Wildman–Crippen LogP) is 4.33. The van der Waals surface area contributed by atoms with Crippen LogP contribution in [0.5, 0.6) is 0 Å². The molecule has 0 bridgehead atoms. The highest BCUT2D eigenvalue weighted by atomic mass is 19.1. The van der Waals surface area contributed by atoms with E-state index in [0.717, 1.165) is 11.1 Å². The Morgan fingerprint density at radius 3 is 2.57 bits per heavy atom. The minimum Gasteiger partial charge on any atom is -0.460 e. The van der Waals surface area contributed by atoms with Gasteiger partial charge in [-0.2, -0.15) is 0 Å². The SMILES string of the molecule is Cc1ccc(CNC(=O)c2c(C)oc3ccn(Cc4cccc(F)c4)c(=O)c23)cc1. The Bertz CT molecular complexity index is 1290. The van der Waals surface area contributed by atoms with Crippen LogP contribution in [-0.4, -0.2) is 10.5 Å². The summed E-state index contributed by atoms with van der Waals surface area (Å²) in [4.78, 5) is 26.0. The first-order chi connectivity index (χ1) is 14.4. The van der Waals surface area contributed by atoms with E-state index in [0.29, 0.717) is 23.5 Å². The maximum absolute atomic E-state index is 13.5. The maximum Gasteiger partial charge on any atom is 0.262 e. The van der Waals surface area contributed by atoms with Crippen LogP contribution in [-0.2, 0) is 13.1 Å². The van der Waals surface area contributed by atoms with Gasteiger partial charge in [0.15, 0.2) is 0 Å². The van der Waals surface area contributed by atoms with Gasteiger partial charge in [-0.1, -0.05) is 42.0 Å². The molecule has 0 aliphatic heterocycles. The van der Waals surface area contributed by atoms with Crippen LogP contribution >= 0.6 is 0 Å². The maximum atomic E-state index is 13.5.